The Morgan fingerprint density at radius 3 is 2.91 bits per heavy atom. The first kappa shape index (κ1) is 16.2. The summed E-state index contributed by atoms with van der Waals surface area (Å²) in [6.45, 7) is 0.496. The van der Waals surface area contributed by atoms with Gasteiger partial charge in [-0.15, -0.1) is 10.2 Å². The third-order valence-corrected chi connectivity index (χ3v) is 4.74. The average molecular weight is 371 g/mol. The van der Waals surface area contributed by atoms with Crippen LogP contribution in [0.4, 0.5) is 5.13 Å². The first-order chi connectivity index (χ1) is 11.1. The van der Waals surface area contributed by atoms with Crippen LogP contribution in [0.15, 0.2) is 23.7 Å². The summed E-state index contributed by atoms with van der Waals surface area (Å²) in [7, 11) is 0. The lowest BCUT2D eigenvalue weighted by Gasteiger charge is -2.24. The molecule has 2 aromatic rings. The summed E-state index contributed by atoms with van der Waals surface area (Å²) in [5, 5.41) is 11.3. The molecule has 0 saturated carbocycles. The number of carbonyl (C=O) groups is 2. The maximum absolute atomic E-state index is 12.7. The van der Waals surface area contributed by atoms with Gasteiger partial charge in [-0.05, 0) is 31.0 Å². The van der Waals surface area contributed by atoms with Gasteiger partial charge < -0.3 is 4.90 Å². The molecular weight excluding hydrogens is 359 g/mol. The Balaban J connectivity index is 1.79. The van der Waals surface area contributed by atoms with Crippen LogP contribution in [0.3, 0.4) is 0 Å². The normalized spacial score (nSPS) is 17.3. The van der Waals surface area contributed by atoms with Gasteiger partial charge in [-0.25, -0.2) is 0 Å². The molecular formula is C14H12Cl2N4O2S. The molecule has 1 aliphatic rings. The molecule has 1 aromatic carbocycles. The molecule has 0 bridgehead atoms. The molecule has 1 fully saturated rings. The molecule has 3 rings (SSSR count). The molecule has 1 N–H and O–H groups in total. The Morgan fingerprint density at radius 1 is 1.35 bits per heavy atom. The van der Waals surface area contributed by atoms with E-state index in [1.165, 1.54) is 27.8 Å². The van der Waals surface area contributed by atoms with Crippen molar-refractivity contribution < 1.29 is 9.59 Å². The molecule has 1 saturated heterocycles. The Labute approximate surface area is 146 Å². The van der Waals surface area contributed by atoms with E-state index in [1.807, 2.05) is 0 Å². The second-order valence-electron chi connectivity index (χ2n) is 5.01. The van der Waals surface area contributed by atoms with Crippen molar-refractivity contribution in [3.05, 3.63) is 39.3 Å². The van der Waals surface area contributed by atoms with E-state index in [4.69, 9.17) is 23.2 Å². The number of nitrogens with zero attached hydrogens (tertiary/aromatic N) is 3. The minimum absolute atomic E-state index is 0.272. The molecule has 0 spiro atoms. The number of halogens is 2. The zero-order valence-corrected chi connectivity index (χ0v) is 14.2. The number of nitrogens with one attached hydrogen (secondary N) is 1. The molecule has 120 valence electrons. The lowest BCUT2D eigenvalue weighted by Crippen LogP contribution is -2.43. The Kier molecular flexibility index (Phi) is 4.79. The fraction of sp³-hybridized carbons (Fsp3) is 0.286. The van der Waals surface area contributed by atoms with E-state index in [2.05, 4.69) is 15.5 Å². The molecule has 1 aromatic heterocycles. The van der Waals surface area contributed by atoms with Crippen LogP contribution in [-0.4, -0.2) is 39.5 Å². The molecule has 1 atom stereocenters. The predicted molar refractivity (Wildman–Crippen MR) is 89.1 cm³/mol. The Morgan fingerprint density at radius 2 is 2.17 bits per heavy atom. The van der Waals surface area contributed by atoms with Gasteiger partial charge in [0.25, 0.3) is 5.91 Å². The van der Waals surface area contributed by atoms with E-state index in [-0.39, 0.29) is 11.8 Å². The van der Waals surface area contributed by atoms with Crippen LogP contribution in [0.2, 0.25) is 10.0 Å². The number of benzene rings is 1. The Hall–Kier alpha value is -1.70. The summed E-state index contributed by atoms with van der Waals surface area (Å²) in [6.07, 6.45) is 1.34. The zero-order chi connectivity index (χ0) is 16.4. The lowest BCUT2D eigenvalue weighted by atomic mass is 10.1. The highest BCUT2D eigenvalue weighted by atomic mass is 35.5. The van der Waals surface area contributed by atoms with Crippen molar-refractivity contribution in [1.29, 1.82) is 0 Å². The summed E-state index contributed by atoms with van der Waals surface area (Å²) < 4.78 is 0. The zero-order valence-electron chi connectivity index (χ0n) is 11.8. The van der Waals surface area contributed by atoms with Gasteiger partial charge >= 0.3 is 0 Å². The fourth-order valence-electron chi connectivity index (χ4n) is 2.51. The van der Waals surface area contributed by atoms with Gasteiger partial charge in [0.2, 0.25) is 11.0 Å². The smallest absolute Gasteiger partial charge is 0.256 e. The van der Waals surface area contributed by atoms with Crippen LogP contribution in [0, 0.1) is 0 Å². The van der Waals surface area contributed by atoms with E-state index in [1.54, 1.807) is 12.1 Å². The van der Waals surface area contributed by atoms with Crippen molar-refractivity contribution in [2.45, 2.75) is 18.9 Å². The summed E-state index contributed by atoms with van der Waals surface area (Å²) in [5.74, 6) is -0.571. The minimum atomic E-state index is -0.554. The van der Waals surface area contributed by atoms with Crippen LogP contribution in [-0.2, 0) is 4.79 Å². The van der Waals surface area contributed by atoms with Crippen molar-refractivity contribution in [1.82, 2.24) is 15.1 Å². The SMILES string of the molecule is O=C(Nc1nncs1)C1CCCN1C(=O)c1cc(Cl)ccc1Cl. The third-order valence-electron chi connectivity index (χ3n) is 3.57. The second-order valence-corrected chi connectivity index (χ2v) is 6.69. The minimum Gasteiger partial charge on any atom is -0.327 e. The van der Waals surface area contributed by atoms with E-state index in [0.29, 0.717) is 33.7 Å². The third kappa shape index (κ3) is 3.46. The summed E-state index contributed by atoms with van der Waals surface area (Å²) >= 11 is 13.3. The maximum atomic E-state index is 12.7. The van der Waals surface area contributed by atoms with Gasteiger partial charge in [0.15, 0.2) is 0 Å². The number of amides is 2. The molecule has 6 nitrogen and oxygen atoms in total. The number of hydrogen-bond donors (Lipinski definition) is 1. The molecule has 2 amide bonds. The highest BCUT2D eigenvalue weighted by Crippen LogP contribution is 2.27. The van der Waals surface area contributed by atoms with Crippen molar-refractivity contribution >= 4 is 51.5 Å². The van der Waals surface area contributed by atoms with Gasteiger partial charge in [0.05, 0.1) is 10.6 Å². The molecule has 1 aliphatic heterocycles. The number of carbonyl (C=O) groups excluding carboxylic acids is 2. The maximum Gasteiger partial charge on any atom is 0.256 e. The first-order valence-corrected chi connectivity index (χ1v) is 8.53. The van der Waals surface area contributed by atoms with Gasteiger partial charge in [0, 0.05) is 11.6 Å². The molecule has 0 aliphatic carbocycles. The lowest BCUT2D eigenvalue weighted by molar-refractivity contribution is -0.119. The van der Waals surface area contributed by atoms with E-state index in [9.17, 15) is 9.59 Å². The van der Waals surface area contributed by atoms with Crippen molar-refractivity contribution in [2.24, 2.45) is 0 Å². The van der Waals surface area contributed by atoms with E-state index in [0.717, 1.165) is 6.42 Å². The van der Waals surface area contributed by atoms with Gasteiger partial charge in [-0.3, -0.25) is 14.9 Å². The van der Waals surface area contributed by atoms with E-state index >= 15 is 0 Å². The number of anilines is 1. The van der Waals surface area contributed by atoms with Crippen molar-refractivity contribution in [3.8, 4) is 0 Å². The highest BCUT2D eigenvalue weighted by molar-refractivity contribution is 7.13. The Bertz CT molecular complexity index is 738. The largest absolute Gasteiger partial charge is 0.327 e. The van der Waals surface area contributed by atoms with Crippen LogP contribution in [0.25, 0.3) is 0 Å². The number of hydrogen-bond acceptors (Lipinski definition) is 5. The van der Waals surface area contributed by atoms with Gasteiger partial charge in [-0.2, -0.15) is 0 Å². The molecule has 1 unspecified atom stereocenters. The average Bonchev–Trinajstić information content (AvgIpc) is 3.20. The summed E-state index contributed by atoms with van der Waals surface area (Å²) in [5.41, 5.74) is 1.83. The van der Waals surface area contributed by atoms with E-state index < -0.39 is 6.04 Å². The number of aromatic nitrogens is 2. The fourth-order valence-corrected chi connectivity index (χ4v) is 3.33. The number of rotatable bonds is 3. The van der Waals surface area contributed by atoms with Crippen molar-refractivity contribution in [3.63, 3.8) is 0 Å². The van der Waals surface area contributed by atoms with Crippen molar-refractivity contribution in [2.75, 3.05) is 11.9 Å². The summed E-state index contributed by atoms with van der Waals surface area (Å²) in [6, 6.07) is 4.15. The standard InChI is InChI=1S/C14H12Cl2N4O2S/c15-8-3-4-10(16)9(6-8)13(22)20-5-1-2-11(20)12(21)18-14-19-17-7-23-14/h3-4,6-7,11H,1-2,5H2,(H,18,19,21). The monoisotopic (exact) mass is 370 g/mol. The quantitative estimate of drug-likeness (QED) is 0.900. The second kappa shape index (κ2) is 6.82. The number of likely N-dealkylation sites (tertiary alicyclic amines) is 1. The first-order valence-electron chi connectivity index (χ1n) is 6.89. The van der Waals surface area contributed by atoms with Crippen LogP contribution in [0.5, 0.6) is 0 Å². The molecule has 9 heteroatoms. The van der Waals surface area contributed by atoms with Gasteiger partial charge in [0.1, 0.15) is 11.6 Å². The highest BCUT2D eigenvalue weighted by Gasteiger charge is 2.35. The molecule has 0 radical (unpaired) electrons. The molecule has 2 heterocycles. The van der Waals surface area contributed by atoms with Crippen LogP contribution < -0.4 is 5.32 Å². The topological polar surface area (TPSA) is 75.2 Å². The predicted octanol–water partition coefficient (Wildman–Crippen LogP) is 3.09. The van der Waals surface area contributed by atoms with Gasteiger partial charge in [-0.1, -0.05) is 34.5 Å². The van der Waals surface area contributed by atoms with Crippen LogP contribution >= 0.6 is 34.5 Å². The summed E-state index contributed by atoms with van der Waals surface area (Å²) in [4.78, 5) is 26.6. The molecule has 23 heavy (non-hydrogen) atoms. The van der Waals surface area contributed by atoms with Crippen LogP contribution in [0.1, 0.15) is 23.2 Å².